The maximum Gasteiger partial charge on any atom is 0.196 e. The number of hydrogen-bond acceptors (Lipinski definition) is 5. The minimum absolute atomic E-state index is 0.647. The second-order valence-corrected chi connectivity index (χ2v) is 7.83. The van der Waals surface area contributed by atoms with Gasteiger partial charge >= 0.3 is 0 Å². The van der Waals surface area contributed by atoms with Gasteiger partial charge in [-0.3, -0.25) is 4.57 Å². The monoisotopic (exact) mass is 432 g/mol. The van der Waals surface area contributed by atoms with Crippen LogP contribution in [-0.2, 0) is 5.75 Å². The predicted octanol–water partition coefficient (Wildman–Crippen LogP) is 5.76. The van der Waals surface area contributed by atoms with Crippen molar-refractivity contribution in [2.75, 3.05) is 7.11 Å². The van der Waals surface area contributed by atoms with Crippen LogP contribution in [0.1, 0.15) is 11.1 Å². The lowest BCUT2D eigenvalue weighted by atomic mass is 10.2. The molecule has 0 saturated carbocycles. The molecular weight excluding hydrogens is 416 g/mol. The van der Waals surface area contributed by atoms with Crippen LogP contribution in [0.4, 0.5) is 0 Å². The number of aromatic nitrogens is 3. The number of ether oxygens (including phenoxy) is 1. The molecule has 0 fully saturated rings. The summed E-state index contributed by atoms with van der Waals surface area (Å²) in [7, 11) is 1.64. The van der Waals surface area contributed by atoms with Gasteiger partial charge in [0.05, 0.1) is 18.7 Å². The second-order valence-electron chi connectivity index (χ2n) is 6.45. The van der Waals surface area contributed by atoms with Gasteiger partial charge in [0.15, 0.2) is 11.0 Å². The van der Waals surface area contributed by atoms with Crippen LogP contribution in [-0.4, -0.2) is 21.9 Å². The zero-order valence-corrected chi connectivity index (χ0v) is 17.7. The van der Waals surface area contributed by atoms with Crippen molar-refractivity contribution in [3.8, 4) is 28.9 Å². The highest BCUT2D eigenvalue weighted by atomic mass is 35.5. The SMILES string of the molecule is COc1cccc(-c2nnc(SCc3ccc(C#N)cc3)n2-c2ccc(Cl)cc2)c1. The van der Waals surface area contributed by atoms with E-state index in [4.69, 9.17) is 21.6 Å². The number of methoxy groups -OCH3 is 1. The van der Waals surface area contributed by atoms with Gasteiger partial charge in [0, 0.05) is 22.0 Å². The maximum absolute atomic E-state index is 8.97. The van der Waals surface area contributed by atoms with Crippen LogP contribution in [0.25, 0.3) is 17.1 Å². The van der Waals surface area contributed by atoms with Gasteiger partial charge in [-0.15, -0.1) is 10.2 Å². The fraction of sp³-hybridized carbons (Fsp3) is 0.0870. The van der Waals surface area contributed by atoms with Crippen LogP contribution in [0.2, 0.25) is 5.02 Å². The molecule has 7 heteroatoms. The molecule has 0 aliphatic carbocycles. The van der Waals surface area contributed by atoms with Gasteiger partial charge in [0.25, 0.3) is 0 Å². The third-order valence-corrected chi connectivity index (χ3v) is 5.75. The molecule has 0 aliphatic rings. The highest BCUT2D eigenvalue weighted by Crippen LogP contribution is 2.31. The van der Waals surface area contributed by atoms with Crippen molar-refractivity contribution in [1.82, 2.24) is 14.8 Å². The van der Waals surface area contributed by atoms with Crippen LogP contribution in [0.15, 0.2) is 78.0 Å². The number of nitriles is 1. The van der Waals surface area contributed by atoms with Gasteiger partial charge in [-0.05, 0) is 54.1 Å². The Morgan fingerprint density at radius 1 is 1.03 bits per heavy atom. The Balaban J connectivity index is 1.71. The van der Waals surface area contributed by atoms with E-state index in [1.54, 1.807) is 18.9 Å². The summed E-state index contributed by atoms with van der Waals surface area (Å²) < 4.78 is 7.38. The average molecular weight is 433 g/mol. The molecule has 3 aromatic carbocycles. The summed E-state index contributed by atoms with van der Waals surface area (Å²) in [6, 6.07) is 25.0. The molecule has 0 aliphatic heterocycles. The average Bonchev–Trinajstić information content (AvgIpc) is 3.22. The fourth-order valence-electron chi connectivity index (χ4n) is 2.96. The topological polar surface area (TPSA) is 63.7 Å². The molecule has 0 saturated heterocycles. The zero-order valence-electron chi connectivity index (χ0n) is 16.1. The summed E-state index contributed by atoms with van der Waals surface area (Å²) >= 11 is 7.67. The van der Waals surface area contributed by atoms with Crippen molar-refractivity contribution in [3.05, 3.63) is 88.9 Å². The summed E-state index contributed by atoms with van der Waals surface area (Å²) in [6.45, 7) is 0. The van der Waals surface area contributed by atoms with E-state index in [9.17, 15) is 0 Å². The molecule has 1 heterocycles. The van der Waals surface area contributed by atoms with Crippen molar-refractivity contribution in [3.63, 3.8) is 0 Å². The minimum atomic E-state index is 0.647. The van der Waals surface area contributed by atoms with Gasteiger partial charge < -0.3 is 4.74 Å². The Kier molecular flexibility index (Phi) is 6.03. The van der Waals surface area contributed by atoms with Crippen molar-refractivity contribution in [2.24, 2.45) is 0 Å². The molecule has 148 valence electrons. The van der Waals surface area contributed by atoms with Crippen LogP contribution in [0.3, 0.4) is 0 Å². The number of hydrogen-bond donors (Lipinski definition) is 0. The Labute approximate surface area is 183 Å². The molecule has 0 radical (unpaired) electrons. The lowest BCUT2D eigenvalue weighted by Crippen LogP contribution is -2.00. The predicted molar refractivity (Wildman–Crippen MR) is 119 cm³/mol. The smallest absolute Gasteiger partial charge is 0.196 e. The second kappa shape index (κ2) is 9.04. The van der Waals surface area contributed by atoms with Gasteiger partial charge in [-0.2, -0.15) is 5.26 Å². The van der Waals surface area contributed by atoms with E-state index in [1.807, 2.05) is 77.4 Å². The number of rotatable bonds is 6. The molecule has 0 N–H and O–H groups in total. The first-order chi connectivity index (χ1) is 14.7. The molecule has 0 amide bonds. The van der Waals surface area contributed by atoms with Crippen molar-refractivity contribution in [2.45, 2.75) is 10.9 Å². The van der Waals surface area contributed by atoms with Crippen molar-refractivity contribution < 1.29 is 4.74 Å². The van der Waals surface area contributed by atoms with E-state index in [-0.39, 0.29) is 0 Å². The first kappa shape index (κ1) is 20.0. The highest BCUT2D eigenvalue weighted by molar-refractivity contribution is 7.98. The molecule has 30 heavy (non-hydrogen) atoms. The Bertz CT molecular complexity index is 1200. The first-order valence-corrected chi connectivity index (χ1v) is 10.5. The van der Waals surface area contributed by atoms with Gasteiger partial charge in [-0.1, -0.05) is 47.6 Å². The minimum Gasteiger partial charge on any atom is -0.497 e. The van der Waals surface area contributed by atoms with E-state index >= 15 is 0 Å². The highest BCUT2D eigenvalue weighted by Gasteiger charge is 2.17. The lowest BCUT2D eigenvalue weighted by molar-refractivity contribution is 0.415. The summed E-state index contributed by atoms with van der Waals surface area (Å²) in [4.78, 5) is 0. The summed E-state index contributed by atoms with van der Waals surface area (Å²) in [5, 5.41) is 19.3. The summed E-state index contributed by atoms with van der Waals surface area (Å²) in [5.74, 6) is 2.18. The van der Waals surface area contributed by atoms with E-state index in [0.717, 1.165) is 33.5 Å². The molecule has 4 aromatic rings. The molecule has 1 aromatic heterocycles. The quantitative estimate of drug-likeness (QED) is 0.362. The third kappa shape index (κ3) is 4.33. The Morgan fingerprint density at radius 2 is 1.80 bits per heavy atom. The first-order valence-electron chi connectivity index (χ1n) is 9.15. The lowest BCUT2D eigenvalue weighted by Gasteiger charge is -2.11. The van der Waals surface area contributed by atoms with Crippen LogP contribution in [0, 0.1) is 11.3 Å². The largest absolute Gasteiger partial charge is 0.497 e. The maximum atomic E-state index is 8.97. The fourth-order valence-corrected chi connectivity index (χ4v) is 3.99. The summed E-state index contributed by atoms with van der Waals surface area (Å²) in [6.07, 6.45) is 0. The molecule has 5 nitrogen and oxygen atoms in total. The van der Waals surface area contributed by atoms with Crippen molar-refractivity contribution >= 4 is 23.4 Å². The normalized spacial score (nSPS) is 10.6. The van der Waals surface area contributed by atoms with E-state index in [1.165, 1.54) is 0 Å². The molecule has 0 spiro atoms. The third-order valence-electron chi connectivity index (χ3n) is 4.50. The van der Waals surface area contributed by atoms with Gasteiger partial charge in [-0.25, -0.2) is 0 Å². The standard InChI is InChI=1S/C23H17ClN4OS/c1-29-21-4-2-3-18(13-21)22-26-27-23(28(22)20-11-9-19(24)10-12-20)30-15-17-7-5-16(14-25)6-8-17/h2-13H,15H2,1H3. The van der Waals surface area contributed by atoms with Crippen LogP contribution in [0.5, 0.6) is 5.75 Å². The summed E-state index contributed by atoms with van der Waals surface area (Å²) in [5.41, 5.74) is 3.58. The molecule has 0 bridgehead atoms. The van der Waals surface area contributed by atoms with Gasteiger partial charge in [0.2, 0.25) is 0 Å². The number of benzene rings is 3. The molecule has 0 unspecified atom stereocenters. The zero-order chi connectivity index (χ0) is 20.9. The molecule has 0 atom stereocenters. The van der Waals surface area contributed by atoms with E-state index < -0.39 is 0 Å². The molecule has 4 rings (SSSR count). The van der Waals surface area contributed by atoms with Crippen LogP contribution >= 0.6 is 23.4 Å². The van der Waals surface area contributed by atoms with E-state index in [0.29, 0.717) is 16.3 Å². The number of thioether (sulfide) groups is 1. The van der Waals surface area contributed by atoms with Crippen molar-refractivity contribution in [1.29, 1.82) is 5.26 Å². The number of nitrogens with zero attached hydrogens (tertiary/aromatic N) is 4. The Morgan fingerprint density at radius 3 is 2.50 bits per heavy atom. The molecular formula is C23H17ClN4OS. The van der Waals surface area contributed by atoms with Gasteiger partial charge in [0.1, 0.15) is 5.75 Å². The number of halogens is 1. The van der Waals surface area contributed by atoms with Crippen LogP contribution < -0.4 is 4.74 Å². The Hall–Kier alpha value is -3.27. The van der Waals surface area contributed by atoms with E-state index in [2.05, 4.69) is 16.3 Å².